The summed E-state index contributed by atoms with van der Waals surface area (Å²) < 4.78 is 4.92. The van der Waals surface area contributed by atoms with E-state index in [4.69, 9.17) is 4.52 Å². The van der Waals surface area contributed by atoms with Crippen molar-refractivity contribution in [3.8, 4) is 11.3 Å². The second-order valence-electron chi connectivity index (χ2n) is 5.73. The molecule has 0 aliphatic heterocycles. The molecule has 0 radical (unpaired) electrons. The zero-order valence-corrected chi connectivity index (χ0v) is 15.2. The first kappa shape index (κ1) is 16.9. The number of benzene rings is 1. The number of hydrogen-bond donors (Lipinski definition) is 2. The quantitative estimate of drug-likeness (QED) is 0.532. The predicted octanol–water partition coefficient (Wildman–Crippen LogP) is 4.50. The van der Waals surface area contributed by atoms with Gasteiger partial charge in [0.25, 0.3) is 5.91 Å². The minimum Gasteiger partial charge on any atom is -0.361 e. The van der Waals surface area contributed by atoms with Gasteiger partial charge in [0.2, 0.25) is 0 Å². The Morgan fingerprint density at radius 1 is 1.11 bits per heavy atom. The summed E-state index contributed by atoms with van der Waals surface area (Å²) >= 11 is 1.52. The summed E-state index contributed by atoms with van der Waals surface area (Å²) in [7, 11) is 0. The Morgan fingerprint density at radius 2 is 1.96 bits per heavy atom. The van der Waals surface area contributed by atoms with Crippen molar-refractivity contribution in [3.63, 3.8) is 0 Å². The van der Waals surface area contributed by atoms with Gasteiger partial charge in [0, 0.05) is 22.8 Å². The van der Waals surface area contributed by atoms with Crippen LogP contribution in [-0.2, 0) is 0 Å². The van der Waals surface area contributed by atoms with Crippen LogP contribution in [-0.4, -0.2) is 21.0 Å². The molecule has 8 heteroatoms. The standard InChI is InChI=1S/C19H15N5O2S/c1-12-16(10-21-26-12)18(25)22-14-6-4-13(5-7-14)17-11-27-19(24-17)23-15-3-2-8-20-9-15/h2-11H,1H3,(H,22,25)(H,23,24). The molecule has 0 saturated carbocycles. The first-order chi connectivity index (χ1) is 13.2. The molecule has 0 aliphatic carbocycles. The normalized spacial score (nSPS) is 10.6. The van der Waals surface area contributed by atoms with Crippen LogP contribution in [0.2, 0.25) is 0 Å². The van der Waals surface area contributed by atoms with Crippen LogP contribution in [0.3, 0.4) is 0 Å². The van der Waals surface area contributed by atoms with Crippen molar-refractivity contribution in [3.05, 3.63) is 71.7 Å². The molecular formula is C19H15N5O2S. The molecule has 0 bridgehead atoms. The Morgan fingerprint density at radius 3 is 2.67 bits per heavy atom. The first-order valence-corrected chi connectivity index (χ1v) is 9.02. The third-order valence-electron chi connectivity index (χ3n) is 3.85. The van der Waals surface area contributed by atoms with E-state index in [0.29, 0.717) is 17.0 Å². The van der Waals surface area contributed by atoms with E-state index in [1.165, 1.54) is 17.5 Å². The van der Waals surface area contributed by atoms with Crippen molar-refractivity contribution >= 4 is 33.8 Å². The maximum atomic E-state index is 12.2. The molecule has 0 unspecified atom stereocenters. The number of aromatic nitrogens is 3. The largest absolute Gasteiger partial charge is 0.361 e. The van der Waals surface area contributed by atoms with Crippen molar-refractivity contribution in [2.24, 2.45) is 0 Å². The summed E-state index contributed by atoms with van der Waals surface area (Å²) in [6, 6.07) is 11.3. The summed E-state index contributed by atoms with van der Waals surface area (Å²) in [5, 5.41) is 12.4. The van der Waals surface area contributed by atoms with Gasteiger partial charge in [-0.2, -0.15) is 0 Å². The molecule has 0 saturated heterocycles. The summed E-state index contributed by atoms with van der Waals surface area (Å²) in [6.07, 6.45) is 4.88. The van der Waals surface area contributed by atoms with Crippen LogP contribution in [0.4, 0.5) is 16.5 Å². The van der Waals surface area contributed by atoms with E-state index in [1.54, 1.807) is 19.3 Å². The molecule has 4 aromatic rings. The number of amides is 1. The van der Waals surface area contributed by atoms with Crippen LogP contribution in [0.1, 0.15) is 16.1 Å². The summed E-state index contributed by atoms with van der Waals surface area (Å²) in [5.74, 6) is 0.235. The molecule has 3 aromatic heterocycles. The van der Waals surface area contributed by atoms with E-state index in [-0.39, 0.29) is 5.91 Å². The summed E-state index contributed by atoms with van der Waals surface area (Å²) in [4.78, 5) is 20.9. The number of pyridine rings is 1. The number of carbonyl (C=O) groups excluding carboxylic acids is 1. The Balaban J connectivity index is 1.45. The molecule has 0 fully saturated rings. The Bertz CT molecular complexity index is 1060. The smallest absolute Gasteiger partial charge is 0.260 e. The third kappa shape index (κ3) is 3.85. The van der Waals surface area contributed by atoms with Crippen molar-refractivity contribution in [2.75, 3.05) is 10.6 Å². The number of nitrogens with one attached hydrogen (secondary N) is 2. The average molecular weight is 377 g/mol. The highest BCUT2D eigenvalue weighted by Gasteiger charge is 2.13. The maximum absolute atomic E-state index is 12.2. The molecule has 1 amide bonds. The second kappa shape index (κ2) is 7.38. The van der Waals surface area contributed by atoms with E-state index in [0.717, 1.165) is 22.1 Å². The van der Waals surface area contributed by atoms with Gasteiger partial charge in [0.05, 0.1) is 23.8 Å². The van der Waals surface area contributed by atoms with Crippen LogP contribution in [0, 0.1) is 6.92 Å². The fraction of sp³-hybridized carbons (Fsp3) is 0.0526. The fourth-order valence-corrected chi connectivity index (χ4v) is 3.20. The highest BCUT2D eigenvalue weighted by molar-refractivity contribution is 7.14. The zero-order chi connectivity index (χ0) is 18.6. The SMILES string of the molecule is Cc1oncc1C(=O)Nc1ccc(-c2csc(Nc3cccnc3)n2)cc1. The molecule has 0 atom stereocenters. The van der Waals surface area contributed by atoms with Gasteiger partial charge in [-0.1, -0.05) is 17.3 Å². The summed E-state index contributed by atoms with van der Waals surface area (Å²) in [6.45, 7) is 1.70. The van der Waals surface area contributed by atoms with Gasteiger partial charge in [-0.3, -0.25) is 9.78 Å². The second-order valence-corrected chi connectivity index (χ2v) is 6.59. The number of hydrogen-bond acceptors (Lipinski definition) is 7. The summed E-state index contributed by atoms with van der Waals surface area (Å²) in [5.41, 5.74) is 3.82. The van der Waals surface area contributed by atoms with Gasteiger partial charge in [-0.05, 0) is 31.2 Å². The van der Waals surface area contributed by atoms with E-state index in [1.807, 2.05) is 41.8 Å². The van der Waals surface area contributed by atoms with Crippen LogP contribution in [0.15, 0.2) is 64.9 Å². The molecule has 27 heavy (non-hydrogen) atoms. The van der Waals surface area contributed by atoms with E-state index >= 15 is 0 Å². The number of rotatable bonds is 5. The highest BCUT2D eigenvalue weighted by atomic mass is 32.1. The lowest BCUT2D eigenvalue weighted by molar-refractivity contribution is 0.102. The van der Waals surface area contributed by atoms with Crippen LogP contribution >= 0.6 is 11.3 Å². The van der Waals surface area contributed by atoms with Gasteiger partial charge < -0.3 is 15.2 Å². The van der Waals surface area contributed by atoms with Crippen LogP contribution < -0.4 is 10.6 Å². The topological polar surface area (TPSA) is 92.9 Å². The highest BCUT2D eigenvalue weighted by Crippen LogP contribution is 2.27. The number of anilines is 3. The molecular weight excluding hydrogens is 362 g/mol. The minimum absolute atomic E-state index is 0.252. The van der Waals surface area contributed by atoms with E-state index < -0.39 is 0 Å². The van der Waals surface area contributed by atoms with Crippen molar-refractivity contribution in [1.29, 1.82) is 0 Å². The molecule has 7 nitrogen and oxygen atoms in total. The fourth-order valence-electron chi connectivity index (χ4n) is 2.46. The van der Waals surface area contributed by atoms with Crippen LogP contribution in [0.5, 0.6) is 0 Å². The molecule has 4 rings (SSSR count). The van der Waals surface area contributed by atoms with Gasteiger partial charge in [0.1, 0.15) is 11.3 Å². The van der Waals surface area contributed by atoms with E-state index in [9.17, 15) is 4.79 Å². The lowest BCUT2D eigenvalue weighted by atomic mass is 10.1. The van der Waals surface area contributed by atoms with Crippen molar-refractivity contribution in [1.82, 2.24) is 15.1 Å². The van der Waals surface area contributed by atoms with Gasteiger partial charge in [-0.25, -0.2) is 4.98 Å². The zero-order valence-electron chi connectivity index (χ0n) is 14.3. The number of carbonyl (C=O) groups is 1. The Labute approximate surface area is 159 Å². The average Bonchev–Trinajstić information content (AvgIpc) is 3.32. The van der Waals surface area contributed by atoms with Gasteiger partial charge in [-0.15, -0.1) is 11.3 Å². The van der Waals surface area contributed by atoms with Gasteiger partial charge >= 0.3 is 0 Å². The predicted molar refractivity (Wildman–Crippen MR) is 104 cm³/mol. The Hall–Kier alpha value is -3.52. The molecule has 1 aromatic carbocycles. The Kier molecular flexibility index (Phi) is 4.63. The third-order valence-corrected chi connectivity index (χ3v) is 4.61. The lowest BCUT2D eigenvalue weighted by Crippen LogP contribution is -2.11. The van der Waals surface area contributed by atoms with Crippen LogP contribution in [0.25, 0.3) is 11.3 Å². The molecule has 3 heterocycles. The molecule has 0 spiro atoms. The number of aryl methyl sites for hydroxylation is 1. The first-order valence-electron chi connectivity index (χ1n) is 8.15. The number of thiazole rings is 1. The monoisotopic (exact) mass is 377 g/mol. The minimum atomic E-state index is -0.252. The van der Waals surface area contributed by atoms with Crippen molar-refractivity contribution < 1.29 is 9.32 Å². The molecule has 134 valence electrons. The number of nitrogens with zero attached hydrogens (tertiary/aromatic N) is 3. The maximum Gasteiger partial charge on any atom is 0.260 e. The van der Waals surface area contributed by atoms with E-state index in [2.05, 4.69) is 25.8 Å². The molecule has 0 aliphatic rings. The van der Waals surface area contributed by atoms with Gasteiger partial charge in [0.15, 0.2) is 5.13 Å². The van der Waals surface area contributed by atoms with Crippen molar-refractivity contribution in [2.45, 2.75) is 6.92 Å². The molecule has 2 N–H and O–H groups in total. The lowest BCUT2D eigenvalue weighted by Gasteiger charge is -2.05.